The molecule has 0 aliphatic heterocycles. The second-order valence-electron chi connectivity index (χ2n) is 6.03. The average Bonchev–Trinajstić information content (AvgIpc) is 2.70. The van der Waals surface area contributed by atoms with Crippen LogP contribution in [0.5, 0.6) is 0 Å². The Labute approximate surface area is 155 Å². The molecule has 0 amide bonds. The first kappa shape index (κ1) is 19.9. The number of carbonyl (C=O) groups excluding carboxylic acids is 1. The first-order valence-corrected chi connectivity index (χ1v) is 9.11. The first-order valence-electron chi connectivity index (χ1n) is 9.11. The van der Waals surface area contributed by atoms with Crippen LogP contribution < -0.4 is 9.80 Å². The lowest BCUT2D eigenvalue weighted by molar-refractivity contribution is 0.103. The summed E-state index contributed by atoms with van der Waals surface area (Å²) in [7, 11) is 0. The molecule has 0 saturated carbocycles. The zero-order valence-electron chi connectivity index (χ0n) is 15.6. The molecular formula is C21H28N2O3. The molecule has 0 unspecified atom stereocenters. The number of likely N-dealkylation sites (N-methyl/N-ethyl adjacent to an activating group) is 2. The van der Waals surface area contributed by atoms with Crippen molar-refractivity contribution in [3.05, 3.63) is 59.7 Å². The van der Waals surface area contributed by atoms with Gasteiger partial charge in [0.1, 0.15) is 0 Å². The number of carbonyl (C=O) groups is 1. The van der Waals surface area contributed by atoms with E-state index < -0.39 is 0 Å². The van der Waals surface area contributed by atoms with Crippen LogP contribution in [0.3, 0.4) is 0 Å². The van der Waals surface area contributed by atoms with E-state index in [0.29, 0.717) is 24.2 Å². The molecule has 0 aliphatic rings. The van der Waals surface area contributed by atoms with E-state index in [9.17, 15) is 4.79 Å². The Morgan fingerprint density at radius 2 is 1.08 bits per heavy atom. The van der Waals surface area contributed by atoms with Gasteiger partial charge in [-0.25, -0.2) is 0 Å². The maximum Gasteiger partial charge on any atom is 0.193 e. The van der Waals surface area contributed by atoms with Crippen molar-refractivity contribution in [2.75, 3.05) is 49.2 Å². The van der Waals surface area contributed by atoms with Gasteiger partial charge in [-0.05, 0) is 62.4 Å². The molecule has 2 aromatic carbocycles. The van der Waals surface area contributed by atoms with Crippen molar-refractivity contribution in [1.29, 1.82) is 0 Å². The fourth-order valence-corrected chi connectivity index (χ4v) is 2.99. The highest BCUT2D eigenvalue weighted by molar-refractivity contribution is 6.09. The van der Waals surface area contributed by atoms with Crippen molar-refractivity contribution in [2.24, 2.45) is 0 Å². The zero-order valence-corrected chi connectivity index (χ0v) is 15.6. The van der Waals surface area contributed by atoms with Gasteiger partial charge in [0.2, 0.25) is 0 Å². The number of anilines is 2. The minimum absolute atomic E-state index is 0.0153. The van der Waals surface area contributed by atoms with Crippen LogP contribution in [0.1, 0.15) is 29.8 Å². The standard InChI is InChI=1S/C21H28N2O3/c1-3-22(13-15-24)19-9-5-17(6-10-19)21(26)18-7-11-20(12-8-18)23(4-2)14-16-25/h5-12,24-25H,3-4,13-16H2,1-2H3. The molecule has 0 fully saturated rings. The lowest BCUT2D eigenvalue weighted by Crippen LogP contribution is -2.26. The van der Waals surface area contributed by atoms with E-state index in [1.54, 1.807) is 0 Å². The minimum Gasteiger partial charge on any atom is -0.395 e. The van der Waals surface area contributed by atoms with Crippen LogP contribution in [0.4, 0.5) is 11.4 Å². The molecule has 0 atom stereocenters. The zero-order chi connectivity index (χ0) is 18.9. The summed E-state index contributed by atoms with van der Waals surface area (Å²) in [6, 6.07) is 15.0. The van der Waals surface area contributed by atoms with Crippen molar-refractivity contribution >= 4 is 17.2 Å². The number of benzene rings is 2. The lowest BCUT2D eigenvalue weighted by atomic mass is 10.0. The van der Waals surface area contributed by atoms with Crippen LogP contribution in [0.25, 0.3) is 0 Å². The molecule has 140 valence electrons. The fraction of sp³-hybridized carbons (Fsp3) is 0.381. The molecule has 0 aromatic heterocycles. The highest BCUT2D eigenvalue weighted by atomic mass is 16.3. The monoisotopic (exact) mass is 356 g/mol. The Balaban J connectivity index is 2.13. The van der Waals surface area contributed by atoms with Gasteiger partial charge < -0.3 is 20.0 Å². The highest BCUT2D eigenvalue weighted by Gasteiger charge is 2.11. The summed E-state index contributed by atoms with van der Waals surface area (Å²) in [6.45, 7) is 7.03. The molecule has 0 spiro atoms. The van der Waals surface area contributed by atoms with Crippen molar-refractivity contribution in [2.45, 2.75) is 13.8 Å². The molecule has 0 heterocycles. The molecule has 0 bridgehead atoms. The summed E-state index contributed by atoms with van der Waals surface area (Å²) in [6.07, 6.45) is 0. The average molecular weight is 356 g/mol. The highest BCUT2D eigenvalue weighted by Crippen LogP contribution is 2.20. The molecule has 0 radical (unpaired) electrons. The van der Waals surface area contributed by atoms with Gasteiger partial charge in [-0.2, -0.15) is 0 Å². The van der Waals surface area contributed by atoms with E-state index in [1.807, 2.05) is 62.4 Å². The number of hydrogen-bond acceptors (Lipinski definition) is 5. The van der Waals surface area contributed by atoms with Crippen LogP contribution in [-0.2, 0) is 0 Å². The molecule has 5 nitrogen and oxygen atoms in total. The van der Waals surface area contributed by atoms with Crippen LogP contribution in [-0.4, -0.2) is 55.4 Å². The van der Waals surface area contributed by atoms with Gasteiger partial charge in [-0.15, -0.1) is 0 Å². The molecular weight excluding hydrogens is 328 g/mol. The molecule has 2 aromatic rings. The van der Waals surface area contributed by atoms with Gasteiger partial charge in [0.25, 0.3) is 0 Å². The van der Waals surface area contributed by atoms with Crippen molar-refractivity contribution < 1.29 is 15.0 Å². The minimum atomic E-state index is -0.0153. The van der Waals surface area contributed by atoms with Crippen molar-refractivity contribution in [1.82, 2.24) is 0 Å². The Hall–Kier alpha value is -2.37. The molecule has 26 heavy (non-hydrogen) atoms. The number of aliphatic hydroxyl groups excluding tert-OH is 2. The second-order valence-corrected chi connectivity index (χ2v) is 6.03. The predicted molar refractivity (Wildman–Crippen MR) is 106 cm³/mol. The third-order valence-electron chi connectivity index (χ3n) is 4.49. The number of ketones is 1. The van der Waals surface area contributed by atoms with Gasteiger partial charge in [-0.1, -0.05) is 0 Å². The van der Waals surface area contributed by atoms with Crippen molar-refractivity contribution in [3.63, 3.8) is 0 Å². The first-order chi connectivity index (χ1) is 12.6. The third kappa shape index (κ3) is 4.84. The largest absolute Gasteiger partial charge is 0.395 e. The summed E-state index contributed by atoms with van der Waals surface area (Å²) in [4.78, 5) is 16.8. The maximum absolute atomic E-state index is 12.7. The topological polar surface area (TPSA) is 64.0 Å². The van der Waals surface area contributed by atoms with Crippen LogP contribution >= 0.6 is 0 Å². The molecule has 0 aliphatic carbocycles. The van der Waals surface area contributed by atoms with E-state index in [0.717, 1.165) is 24.5 Å². The Morgan fingerprint density at radius 3 is 1.35 bits per heavy atom. The summed E-state index contributed by atoms with van der Waals surface area (Å²) < 4.78 is 0. The number of rotatable bonds is 10. The van der Waals surface area contributed by atoms with Crippen LogP contribution in [0.15, 0.2) is 48.5 Å². The SMILES string of the molecule is CCN(CCO)c1ccc(C(=O)c2ccc(N(CC)CCO)cc2)cc1. The summed E-state index contributed by atoms with van der Waals surface area (Å²) >= 11 is 0. The summed E-state index contributed by atoms with van der Waals surface area (Å²) in [5, 5.41) is 18.2. The number of nitrogens with zero attached hydrogens (tertiary/aromatic N) is 2. The van der Waals surface area contributed by atoms with Gasteiger partial charge in [0.15, 0.2) is 5.78 Å². The van der Waals surface area contributed by atoms with Crippen molar-refractivity contribution in [3.8, 4) is 0 Å². The van der Waals surface area contributed by atoms with E-state index in [1.165, 1.54) is 0 Å². The molecule has 2 N–H and O–H groups in total. The number of hydrogen-bond donors (Lipinski definition) is 2. The van der Waals surface area contributed by atoms with Gasteiger partial charge in [0, 0.05) is 48.7 Å². The van der Waals surface area contributed by atoms with Gasteiger partial charge in [0.05, 0.1) is 13.2 Å². The molecule has 5 heteroatoms. The third-order valence-corrected chi connectivity index (χ3v) is 4.49. The van der Waals surface area contributed by atoms with E-state index in [2.05, 4.69) is 9.80 Å². The Bertz CT molecular complexity index is 624. The second kappa shape index (κ2) is 9.94. The quantitative estimate of drug-likeness (QED) is 0.641. The normalized spacial score (nSPS) is 10.6. The summed E-state index contributed by atoms with van der Waals surface area (Å²) in [5.41, 5.74) is 3.28. The molecule has 2 rings (SSSR count). The lowest BCUT2D eigenvalue weighted by Gasteiger charge is -2.22. The van der Waals surface area contributed by atoms with Crippen LogP contribution in [0, 0.1) is 0 Å². The van der Waals surface area contributed by atoms with E-state index >= 15 is 0 Å². The Kier molecular flexibility index (Phi) is 7.63. The van der Waals surface area contributed by atoms with E-state index in [4.69, 9.17) is 10.2 Å². The fourth-order valence-electron chi connectivity index (χ4n) is 2.99. The number of aliphatic hydroxyl groups is 2. The summed E-state index contributed by atoms with van der Waals surface area (Å²) in [5.74, 6) is -0.0153. The van der Waals surface area contributed by atoms with Gasteiger partial charge in [-0.3, -0.25) is 4.79 Å². The predicted octanol–water partition coefficient (Wildman–Crippen LogP) is 2.55. The molecule has 0 saturated heterocycles. The van der Waals surface area contributed by atoms with Crippen LogP contribution in [0.2, 0.25) is 0 Å². The smallest absolute Gasteiger partial charge is 0.193 e. The maximum atomic E-state index is 12.7. The van der Waals surface area contributed by atoms with Gasteiger partial charge >= 0.3 is 0 Å². The Morgan fingerprint density at radius 1 is 0.731 bits per heavy atom. The van der Waals surface area contributed by atoms with E-state index in [-0.39, 0.29) is 19.0 Å².